The van der Waals surface area contributed by atoms with Crippen LogP contribution in [-0.2, 0) is 0 Å². The van der Waals surface area contributed by atoms with Crippen molar-refractivity contribution in [3.05, 3.63) is 11.3 Å². The van der Waals surface area contributed by atoms with Crippen molar-refractivity contribution >= 4 is 5.82 Å². The van der Waals surface area contributed by atoms with E-state index < -0.39 is 6.10 Å². The van der Waals surface area contributed by atoms with Crippen LogP contribution in [0.25, 0.3) is 0 Å². The molecule has 0 aromatic carbocycles. The SMILES string of the molecule is Cc1nn(C2CCCCCC2O)c(N)c1C#N. The van der Waals surface area contributed by atoms with E-state index in [0.29, 0.717) is 17.1 Å². The molecule has 2 rings (SSSR count). The summed E-state index contributed by atoms with van der Waals surface area (Å²) in [6.45, 7) is 1.77. The van der Waals surface area contributed by atoms with Gasteiger partial charge in [0.2, 0.25) is 0 Å². The monoisotopic (exact) mass is 234 g/mol. The maximum absolute atomic E-state index is 10.1. The molecule has 0 spiro atoms. The van der Waals surface area contributed by atoms with Crippen LogP contribution < -0.4 is 5.73 Å². The summed E-state index contributed by atoms with van der Waals surface area (Å²) in [6.07, 6.45) is 4.50. The molecule has 5 nitrogen and oxygen atoms in total. The zero-order chi connectivity index (χ0) is 12.4. The maximum atomic E-state index is 10.1. The highest BCUT2D eigenvalue weighted by Gasteiger charge is 2.27. The molecular formula is C12H18N4O. The Morgan fingerprint density at radius 3 is 2.76 bits per heavy atom. The minimum Gasteiger partial charge on any atom is -0.391 e. The van der Waals surface area contributed by atoms with Gasteiger partial charge in [-0.3, -0.25) is 0 Å². The molecule has 1 aliphatic rings. The highest BCUT2D eigenvalue weighted by molar-refractivity contribution is 5.51. The third kappa shape index (κ3) is 2.13. The van der Waals surface area contributed by atoms with E-state index in [-0.39, 0.29) is 6.04 Å². The van der Waals surface area contributed by atoms with Crippen LogP contribution in [0.1, 0.15) is 49.4 Å². The smallest absolute Gasteiger partial charge is 0.140 e. The fourth-order valence-corrected chi connectivity index (χ4v) is 2.51. The zero-order valence-electron chi connectivity index (χ0n) is 10.1. The number of nitrogen functional groups attached to an aromatic ring is 1. The summed E-state index contributed by atoms with van der Waals surface area (Å²) >= 11 is 0. The second kappa shape index (κ2) is 4.76. The van der Waals surface area contributed by atoms with Crippen LogP contribution in [0, 0.1) is 18.3 Å². The summed E-state index contributed by atoms with van der Waals surface area (Å²) in [4.78, 5) is 0. The molecule has 1 saturated carbocycles. The minimum absolute atomic E-state index is 0.0849. The van der Waals surface area contributed by atoms with E-state index in [4.69, 9.17) is 11.0 Å². The third-order valence-corrected chi connectivity index (χ3v) is 3.49. The van der Waals surface area contributed by atoms with Gasteiger partial charge in [0.1, 0.15) is 17.5 Å². The van der Waals surface area contributed by atoms with Gasteiger partial charge >= 0.3 is 0 Å². The quantitative estimate of drug-likeness (QED) is 0.721. The molecular weight excluding hydrogens is 216 g/mol. The predicted molar refractivity (Wildman–Crippen MR) is 64.2 cm³/mol. The van der Waals surface area contributed by atoms with Crippen molar-refractivity contribution in [2.75, 3.05) is 5.73 Å². The van der Waals surface area contributed by atoms with Gasteiger partial charge in [-0.15, -0.1) is 0 Å². The number of nitriles is 1. The Morgan fingerprint density at radius 1 is 1.41 bits per heavy atom. The van der Waals surface area contributed by atoms with Gasteiger partial charge in [-0.05, 0) is 19.8 Å². The lowest BCUT2D eigenvalue weighted by Gasteiger charge is -2.21. The summed E-state index contributed by atoms with van der Waals surface area (Å²) in [7, 11) is 0. The van der Waals surface area contributed by atoms with Gasteiger partial charge in [0.05, 0.1) is 17.8 Å². The lowest BCUT2D eigenvalue weighted by molar-refractivity contribution is 0.100. The molecule has 0 aliphatic heterocycles. The van der Waals surface area contributed by atoms with Crippen molar-refractivity contribution < 1.29 is 5.11 Å². The van der Waals surface area contributed by atoms with Crippen molar-refractivity contribution in [3.63, 3.8) is 0 Å². The summed E-state index contributed by atoms with van der Waals surface area (Å²) in [6, 6.07) is 1.98. The summed E-state index contributed by atoms with van der Waals surface area (Å²) in [5.41, 5.74) is 7.00. The van der Waals surface area contributed by atoms with E-state index >= 15 is 0 Å². The molecule has 1 aromatic heterocycles. The predicted octanol–water partition coefficient (Wildman–Crippen LogP) is 1.51. The van der Waals surface area contributed by atoms with Crippen LogP contribution >= 0.6 is 0 Å². The number of aliphatic hydroxyl groups excluding tert-OH is 1. The van der Waals surface area contributed by atoms with E-state index in [1.165, 1.54) is 0 Å². The van der Waals surface area contributed by atoms with Gasteiger partial charge in [0, 0.05) is 0 Å². The van der Waals surface area contributed by atoms with Crippen molar-refractivity contribution in [2.45, 2.75) is 51.2 Å². The third-order valence-electron chi connectivity index (χ3n) is 3.49. The molecule has 2 unspecified atom stereocenters. The Balaban J connectivity index is 2.35. The molecule has 0 saturated heterocycles. The standard InChI is InChI=1S/C12H18N4O/c1-8-9(7-13)12(14)16(15-8)10-5-3-2-4-6-11(10)17/h10-11,17H,2-6,14H2,1H3. The first-order valence-electron chi connectivity index (χ1n) is 6.08. The van der Waals surface area contributed by atoms with Crippen LogP contribution in [0.15, 0.2) is 0 Å². The van der Waals surface area contributed by atoms with Crippen LogP contribution in [0.3, 0.4) is 0 Å². The van der Waals surface area contributed by atoms with Gasteiger partial charge in [-0.2, -0.15) is 10.4 Å². The lowest BCUT2D eigenvalue weighted by Crippen LogP contribution is -2.25. The number of aromatic nitrogens is 2. The van der Waals surface area contributed by atoms with Gasteiger partial charge < -0.3 is 10.8 Å². The first-order valence-corrected chi connectivity index (χ1v) is 6.08. The molecule has 17 heavy (non-hydrogen) atoms. The number of aliphatic hydroxyl groups is 1. The maximum Gasteiger partial charge on any atom is 0.140 e. The van der Waals surface area contributed by atoms with E-state index in [1.807, 2.05) is 0 Å². The van der Waals surface area contributed by atoms with Gasteiger partial charge in [0.15, 0.2) is 0 Å². The van der Waals surface area contributed by atoms with E-state index in [1.54, 1.807) is 11.6 Å². The Hall–Kier alpha value is -1.54. The van der Waals surface area contributed by atoms with E-state index in [0.717, 1.165) is 32.1 Å². The number of nitrogens with zero attached hydrogens (tertiary/aromatic N) is 3. The number of aryl methyl sites for hydroxylation is 1. The van der Waals surface area contributed by atoms with Crippen LogP contribution in [0.2, 0.25) is 0 Å². The first-order chi connectivity index (χ1) is 8.15. The summed E-state index contributed by atoms with van der Waals surface area (Å²) < 4.78 is 1.64. The number of hydrogen-bond acceptors (Lipinski definition) is 4. The molecule has 1 heterocycles. The number of hydrogen-bond donors (Lipinski definition) is 2. The van der Waals surface area contributed by atoms with E-state index in [2.05, 4.69) is 11.2 Å². The fraction of sp³-hybridized carbons (Fsp3) is 0.667. The van der Waals surface area contributed by atoms with Crippen molar-refractivity contribution in [2.24, 2.45) is 0 Å². The summed E-state index contributed by atoms with van der Waals surface area (Å²) in [5.74, 6) is 0.385. The Labute approximate surface area is 101 Å². The topological polar surface area (TPSA) is 87.9 Å². The molecule has 92 valence electrons. The Kier molecular flexibility index (Phi) is 3.34. The highest BCUT2D eigenvalue weighted by Crippen LogP contribution is 2.30. The molecule has 1 aromatic rings. The average molecular weight is 234 g/mol. The van der Waals surface area contributed by atoms with Crippen molar-refractivity contribution in [1.29, 1.82) is 5.26 Å². The molecule has 0 amide bonds. The molecule has 1 fully saturated rings. The molecule has 0 radical (unpaired) electrons. The molecule has 5 heteroatoms. The van der Waals surface area contributed by atoms with Crippen molar-refractivity contribution in [1.82, 2.24) is 9.78 Å². The summed E-state index contributed by atoms with van der Waals surface area (Å²) in [5, 5.41) is 23.4. The van der Waals surface area contributed by atoms with Crippen molar-refractivity contribution in [3.8, 4) is 6.07 Å². The van der Waals surface area contributed by atoms with E-state index in [9.17, 15) is 5.11 Å². The normalized spacial score (nSPS) is 25.2. The minimum atomic E-state index is -0.411. The number of nitrogens with two attached hydrogens (primary N) is 1. The van der Waals surface area contributed by atoms with Gasteiger partial charge in [-0.1, -0.05) is 19.3 Å². The second-order valence-corrected chi connectivity index (χ2v) is 4.67. The van der Waals surface area contributed by atoms with Crippen LogP contribution in [0.5, 0.6) is 0 Å². The Morgan fingerprint density at radius 2 is 2.12 bits per heavy atom. The average Bonchev–Trinajstić information content (AvgIpc) is 2.48. The van der Waals surface area contributed by atoms with Crippen LogP contribution in [-0.4, -0.2) is 21.0 Å². The van der Waals surface area contributed by atoms with Gasteiger partial charge in [-0.25, -0.2) is 4.68 Å². The largest absolute Gasteiger partial charge is 0.391 e. The first kappa shape index (κ1) is 11.9. The molecule has 2 atom stereocenters. The second-order valence-electron chi connectivity index (χ2n) is 4.67. The van der Waals surface area contributed by atoms with Gasteiger partial charge in [0.25, 0.3) is 0 Å². The fourth-order valence-electron chi connectivity index (χ4n) is 2.51. The van der Waals surface area contributed by atoms with Crippen LogP contribution in [0.4, 0.5) is 5.82 Å². The lowest BCUT2D eigenvalue weighted by atomic mass is 10.1. The molecule has 0 bridgehead atoms. The highest BCUT2D eigenvalue weighted by atomic mass is 16.3. The number of rotatable bonds is 1. The number of anilines is 1. The Bertz CT molecular complexity index is 446. The molecule has 1 aliphatic carbocycles. The zero-order valence-corrected chi connectivity index (χ0v) is 10.1. The molecule has 3 N–H and O–H groups in total.